The first kappa shape index (κ1) is 21.2. The molecule has 12 heteroatoms. The number of hydrogen-bond acceptors (Lipinski definition) is 5. The number of primary amides is 1. The molecule has 7 nitrogen and oxygen atoms in total. The van der Waals surface area contributed by atoms with Crippen LogP contribution in [0, 0.1) is 11.6 Å². The molecule has 4 aromatic rings. The fourth-order valence-electron chi connectivity index (χ4n) is 2.92. The summed E-state index contributed by atoms with van der Waals surface area (Å²) >= 11 is 0. The number of rotatable bonds is 5. The molecule has 0 saturated carbocycles. The van der Waals surface area contributed by atoms with E-state index in [1.807, 2.05) is 0 Å². The molecular formula is C20H12F5N5O2. The van der Waals surface area contributed by atoms with E-state index in [4.69, 9.17) is 10.5 Å². The third-order valence-electron chi connectivity index (χ3n) is 4.35. The number of fused-ring (bicyclic) bond motifs is 1. The van der Waals surface area contributed by atoms with E-state index < -0.39 is 29.4 Å². The molecule has 0 aliphatic heterocycles. The number of halogens is 5. The van der Waals surface area contributed by atoms with Crippen LogP contribution < -0.4 is 10.5 Å². The Morgan fingerprint density at radius 1 is 1.09 bits per heavy atom. The van der Waals surface area contributed by atoms with E-state index in [0.29, 0.717) is 6.07 Å². The van der Waals surface area contributed by atoms with Gasteiger partial charge >= 0.3 is 6.18 Å². The average Bonchev–Trinajstić information content (AvgIpc) is 3.14. The van der Waals surface area contributed by atoms with Crippen molar-refractivity contribution < 1.29 is 31.5 Å². The number of nitrogens with zero attached hydrogens (tertiary/aromatic N) is 4. The molecule has 0 spiro atoms. The van der Waals surface area contributed by atoms with Crippen LogP contribution in [-0.2, 0) is 12.8 Å². The highest BCUT2D eigenvalue weighted by Gasteiger charge is 2.32. The fraction of sp³-hybridized carbons (Fsp3) is 0.100. The Balaban J connectivity index is 1.71. The quantitative estimate of drug-likeness (QED) is 0.468. The van der Waals surface area contributed by atoms with Crippen molar-refractivity contribution in [1.82, 2.24) is 19.6 Å². The summed E-state index contributed by atoms with van der Waals surface area (Å²) in [4.78, 5) is 18.9. The predicted octanol–water partition coefficient (Wildman–Crippen LogP) is 3.77. The minimum atomic E-state index is -4.63. The molecular weight excluding hydrogens is 437 g/mol. The lowest BCUT2D eigenvalue weighted by molar-refractivity contribution is -0.141. The maximum Gasteiger partial charge on any atom is 0.433 e. The molecule has 0 aliphatic carbocycles. The van der Waals surface area contributed by atoms with Gasteiger partial charge in [0, 0.05) is 30.0 Å². The highest BCUT2D eigenvalue weighted by Crippen LogP contribution is 2.30. The van der Waals surface area contributed by atoms with Gasteiger partial charge in [0.25, 0.3) is 5.91 Å². The molecule has 2 N–H and O–H groups in total. The molecule has 1 amide bonds. The second kappa shape index (κ2) is 7.87. The van der Waals surface area contributed by atoms with Gasteiger partial charge in [-0.3, -0.25) is 9.78 Å². The maximum atomic E-state index is 14.4. The van der Waals surface area contributed by atoms with Crippen molar-refractivity contribution in [3.05, 3.63) is 77.4 Å². The smallest absolute Gasteiger partial charge is 0.433 e. The van der Waals surface area contributed by atoms with Crippen LogP contribution in [0.1, 0.15) is 21.9 Å². The van der Waals surface area contributed by atoms with Gasteiger partial charge in [-0.15, -0.1) is 0 Å². The van der Waals surface area contributed by atoms with E-state index >= 15 is 0 Å². The number of carbonyl (C=O) groups is 1. The van der Waals surface area contributed by atoms with Gasteiger partial charge in [0.05, 0.1) is 5.69 Å². The number of carbonyl (C=O) groups excluding carboxylic acids is 1. The van der Waals surface area contributed by atoms with Crippen molar-refractivity contribution >= 4 is 11.6 Å². The number of nitrogens with two attached hydrogens (primary N) is 1. The summed E-state index contributed by atoms with van der Waals surface area (Å²) in [6, 6.07) is 7.43. The van der Waals surface area contributed by atoms with E-state index in [-0.39, 0.29) is 40.6 Å². The summed E-state index contributed by atoms with van der Waals surface area (Å²) in [6.45, 7) is -0.262. The molecule has 0 unspecified atom stereocenters. The normalized spacial score (nSPS) is 11.7. The molecule has 1 aromatic carbocycles. The Bertz CT molecular complexity index is 1340. The van der Waals surface area contributed by atoms with E-state index in [9.17, 15) is 26.7 Å². The van der Waals surface area contributed by atoms with E-state index in [1.54, 1.807) is 0 Å². The van der Waals surface area contributed by atoms with E-state index in [1.165, 1.54) is 22.7 Å². The number of ether oxygens (including phenoxy) is 1. The predicted molar refractivity (Wildman–Crippen MR) is 100 cm³/mol. The minimum Gasteiger partial charge on any atom is -0.487 e. The Morgan fingerprint density at radius 2 is 1.88 bits per heavy atom. The third kappa shape index (κ3) is 4.19. The largest absolute Gasteiger partial charge is 0.487 e. The second-order valence-corrected chi connectivity index (χ2v) is 6.58. The van der Waals surface area contributed by atoms with Crippen LogP contribution in [0.2, 0.25) is 0 Å². The molecule has 3 aromatic heterocycles. The fourth-order valence-corrected chi connectivity index (χ4v) is 2.92. The number of benzene rings is 1. The third-order valence-corrected chi connectivity index (χ3v) is 4.35. The molecule has 3 heterocycles. The molecule has 0 radical (unpaired) electrons. The van der Waals surface area contributed by atoms with Crippen molar-refractivity contribution in [1.29, 1.82) is 0 Å². The summed E-state index contributed by atoms with van der Waals surface area (Å²) < 4.78 is 72.6. The number of pyridine rings is 1. The molecule has 164 valence electrons. The SMILES string of the molecule is NC(=O)c1cc(-c2ccc(F)cc2F)n2nc(COc3ccnc(C(F)(F)F)c3)cc2n1. The summed E-state index contributed by atoms with van der Waals surface area (Å²) in [7, 11) is 0. The summed E-state index contributed by atoms with van der Waals surface area (Å²) in [6.07, 6.45) is -3.68. The van der Waals surface area contributed by atoms with E-state index in [2.05, 4.69) is 15.1 Å². The van der Waals surface area contributed by atoms with Crippen LogP contribution in [0.3, 0.4) is 0 Å². The second-order valence-electron chi connectivity index (χ2n) is 6.58. The van der Waals surface area contributed by atoms with Gasteiger partial charge in [-0.05, 0) is 24.3 Å². The molecule has 0 saturated heterocycles. The Hall–Kier alpha value is -4.09. The molecule has 0 atom stereocenters. The lowest BCUT2D eigenvalue weighted by atomic mass is 10.1. The summed E-state index contributed by atoms with van der Waals surface area (Å²) in [5, 5.41) is 4.22. The van der Waals surface area contributed by atoms with Gasteiger partial charge in [0.15, 0.2) is 5.65 Å². The van der Waals surface area contributed by atoms with Gasteiger partial charge in [-0.2, -0.15) is 18.3 Å². The standard InChI is InChI=1S/C20H12F5N5O2/c21-10-1-2-13(14(22)5-10)16-8-15(19(26)31)28-18-6-11(29-30(16)18)9-32-12-3-4-27-17(7-12)20(23,24)25/h1-8H,9H2,(H2,26,31). The number of aromatic nitrogens is 4. The van der Waals surface area contributed by atoms with Crippen LogP contribution in [0.15, 0.2) is 48.7 Å². The topological polar surface area (TPSA) is 95.4 Å². The van der Waals surface area contributed by atoms with Gasteiger partial charge < -0.3 is 10.5 Å². The minimum absolute atomic E-state index is 0.0656. The summed E-state index contributed by atoms with van der Waals surface area (Å²) in [5.41, 5.74) is 4.31. The van der Waals surface area contributed by atoms with Crippen molar-refractivity contribution in [2.45, 2.75) is 12.8 Å². The highest BCUT2D eigenvalue weighted by molar-refractivity contribution is 5.92. The monoisotopic (exact) mass is 449 g/mol. The number of amides is 1. The van der Waals surface area contributed by atoms with Crippen LogP contribution in [-0.4, -0.2) is 25.5 Å². The van der Waals surface area contributed by atoms with Crippen LogP contribution in [0.4, 0.5) is 22.0 Å². The zero-order valence-corrected chi connectivity index (χ0v) is 15.9. The Kier molecular flexibility index (Phi) is 5.20. The highest BCUT2D eigenvalue weighted by atomic mass is 19.4. The number of hydrogen-bond donors (Lipinski definition) is 1. The van der Waals surface area contributed by atoms with Gasteiger partial charge in [-0.1, -0.05) is 0 Å². The van der Waals surface area contributed by atoms with E-state index in [0.717, 1.165) is 24.4 Å². The van der Waals surface area contributed by atoms with Gasteiger partial charge in [0.2, 0.25) is 0 Å². The van der Waals surface area contributed by atoms with Crippen LogP contribution in [0.25, 0.3) is 16.9 Å². The molecule has 0 aliphatic rings. The Labute approximate surface area is 176 Å². The first-order chi connectivity index (χ1) is 15.1. The molecule has 0 bridgehead atoms. The van der Waals surface area contributed by atoms with Crippen molar-refractivity contribution in [2.24, 2.45) is 5.73 Å². The zero-order chi connectivity index (χ0) is 23.0. The lowest BCUT2D eigenvalue weighted by Gasteiger charge is -2.08. The average molecular weight is 449 g/mol. The van der Waals surface area contributed by atoms with Crippen molar-refractivity contribution in [3.8, 4) is 17.0 Å². The Morgan fingerprint density at radius 3 is 2.56 bits per heavy atom. The molecule has 0 fully saturated rings. The van der Waals surface area contributed by atoms with Crippen molar-refractivity contribution in [2.75, 3.05) is 0 Å². The van der Waals surface area contributed by atoms with Gasteiger partial charge in [-0.25, -0.2) is 18.3 Å². The molecule has 32 heavy (non-hydrogen) atoms. The maximum absolute atomic E-state index is 14.4. The first-order valence-corrected chi connectivity index (χ1v) is 8.93. The summed E-state index contributed by atoms with van der Waals surface area (Å²) in [5.74, 6) is -2.68. The van der Waals surface area contributed by atoms with Crippen LogP contribution in [0.5, 0.6) is 5.75 Å². The first-order valence-electron chi connectivity index (χ1n) is 8.93. The van der Waals surface area contributed by atoms with Crippen molar-refractivity contribution in [3.63, 3.8) is 0 Å². The van der Waals surface area contributed by atoms with Crippen LogP contribution >= 0.6 is 0 Å². The number of alkyl halides is 3. The van der Waals surface area contributed by atoms with Gasteiger partial charge in [0.1, 0.15) is 41.1 Å². The zero-order valence-electron chi connectivity index (χ0n) is 15.9. The molecule has 4 rings (SSSR count). The lowest BCUT2D eigenvalue weighted by Crippen LogP contribution is -2.14.